The van der Waals surface area contributed by atoms with Crippen molar-refractivity contribution in [2.24, 2.45) is 0 Å². The van der Waals surface area contributed by atoms with Gasteiger partial charge in [0.2, 0.25) is 0 Å². The normalized spacial score (nSPS) is 10.0. The zero-order chi connectivity index (χ0) is 12.5. The minimum Gasteiger partial charge on any atom is -0.385 e. The molecule has 1 aromatic rings. The third-order valence-electron chi connectivity index (χ3n) is 2.34. The number of anilines is 1. The maximum absolute atomic E-state index is 11.7. The van der Waals surface area contributed by atoms with E-state index in [1.165, 1.54) is 0 Å². The van der Waals surface area contributed by atoms with Gasteiger partial charge in [0.25, 0.3) is 5.91 Å². The summed E-state index contributed by atoms with van der Waals surface area (Å²) in [7, 11) is 0. The number of hydrogen-bond acceptors (Lipinski definition) is 3. The SMILES string of the molecule is CCNc1ccc(C(=O)NCCCSC)cc1. The van der Waals surface area contributed by atoms with Gasteiger partial charge >= 0.3 is 0 Å². The van der Waals surface area contributed by atoms with Crippen molar-refractivity contribution in [3.8, 4) is 0 Å². The van der Waals surface area contributed by atoms with Gasteiger partial charge in [-0.05, 0) is 49.6 Å². The highest BCUT2D eigenvalue weighted by molar-refractivity contribution is 7.98. The minimum atomic E-state index is 0.00847. The molecule has 0 saturated carbocycles. The first kappa shape index (κ1) is 13.9. The molecular formula is C13H20N2OS. The smallest absolute Gasteiger partial charge is 0.251 e. The summed E-state index contributed by atoms with van der Waals surface area (Å²) in [4.78, 5) is 11.7. The molecule has 0 atom stereocenters. The number of amides is 1. The quantitative estimate of drug-likeness (QED) is 0.733. The Balaban J connectivity index is 2.40. The average molecular weight is 252 g/mol. The molecule has 17 heavy (non-hydrogen) atoms. The van der Waals surface area contributed by atoms with Crippen molar-refractivity contribution >= 4 is 23.4 Å². The summed E-state index contributed by atoms with van der Waals surface area (Å²) in [5.74, 6) is 1.09. The minimum absolute atomic E-state index is 0.00847. The Labute approximate surface area is 107 Å². The van der Waals surface area contributed by atoms with Crippen LogP contribution in [-0.4, -0.2) is 31.0 Å². The van der Waals surface area contributed by atoms with E-state index in [0.717, 1.165) is 36.5 Å². The average Bonchev–Trinajstić information content (AvgIpc) is 2.36. The highest BCUT2D eigenvalue weighted by Crippen LogP contribution is 2.09. The molecule has 1 aromatic carbocycles. The lowest BCUT2D eigenvalue weighted by atomic mass is 10.2. The third kappa shape index (κ3) is 5.13. The molecule has 0 aliphatic heterocycles. The van der Waals surface area contributed by atoms with E-state index in [0.29, 0.717) is 0 Å². The van der Waals surface area contributed by atoms with Gasteiger partial charge in [-0.25, -0.2) is 0 Å². The molecule has 0 unspecified atom stereocenters. The summed E-state index contributed by atoms with van der Waals surface area (Å²) < 4.78 is 0. The van der Waals surface area contributed by atoms with E-state index < -0.39 is 0 Å². The van der Waals surface area contributed by atoms with Crippen LogP contribution in [0.5, 0.6) is 0 Å². The second kappa shape index (κ2) is 8.01. The largest absolute Gasteiger partial charge is 0.385 e. The molecule has 0 spiro atoms. The summed E-state index contributed by atoms with van der Waals surface area (Å²) in [6, 6.07) is 7.56. The zero-order valence-corrected chi connectivity index (χ0v) is 11.3. The van der Waals surface area contributed by atoms with E-state index in [4.69, 9.17) is 0 Å². The van der Waals surface area contributed by atoms with Crippen molar-refractivity contribution in [2.45, 2.75) is 13.3 Å². The molecule has 94 valence electrons. The zero-order valence-electron chi connectivity index (χ0n) is 10.5. The van der Waals surface area contributed by atoms with Crippen LogP contribution in [0.3, 0.4) is 0 Å². The first-order chi connectivity index (χ1) is 8.27. The fourth-order valence-electron chi connectivity index (χ4n) is 1.46. The molecule has 0 radical (unpaired) electrons. The van der Waals surface area contributed by atoms with Gasteiger partial charge in [0.15, 0.2) is 0 Å². The van der Waals surface area contributed by atoms with E-state index in [2.05, 4.69) is 16.9 Å². The van der Waals surface area contributed by atoms with Gasteiger partial charge in [-0.15, -0.1) is 0 Å². The van der Waals surface area contributed by atoms with Gasteiger partial charge in [0, 0.05) is 24.3 Å². The van der Waals surface area contributed by atoms with Crippen molar-refractivity contribution in [1.82, 2.24) is 5.32 Å². The van der Waals surface area contributed by atoms with Gasteiger partial charge in [0.05, 0.1) is 0 Å². The molecule has 0 aliphatic carbocycles. The fourth-order valence-corrected chi connectivity index (χ4v) is 1.90. The number of carbonyl (C=O) groups excluding carboxylic acids is 1. The van der Waals surface area contributed by atoms with Crippen molar-refractivity contribution in [1.29, 1.82) is 0 Å². The number of nitrogens with one attached hydrogen (secondary N) is 2. The molecule has 0 saturated heterocycles. The van der Waals surface area contributed by atoms with Crippen LogP contribution in [0.1, 0.15) is 23.7 Å². The van der Waals surface area contributed by atoms with Gasteiger partial charge in [0.1, 0.15) is 0 Å². The number of benzene rings is 1. The Morgan fingerprint density at radius 1 is 1.29 bits per heavy atom. The lowest BCUT2D eigenvalue weighted by Crippen LogP contribution is -2.24. The van der Waals surface area contributed by atoms with Gasteiger partial charge in [-0.3, -0.25) is 4.79 Å². The third-order valence-corrected chi connectivity index (χ3v) is 3.04. The monoisotopic (exact) mass is 252 g/mol. The Hall–Kier alpha value is -1.16. The Kier molecular flexibility index (Phi) is 6.55. The number of thioether (sulfide) groups is 1. The van der Waals surface area contributed by atoms with Crippen LogP contribution in [0.4, 0.5) is 5.69 Å². The molecule has 0 fully saturated rings. The lowest BCUT2D eigenvalue weighted by Gasteiger charge is -2.06. The lowest BCUT2D eigenvalue weighted by molar-refractivity contribution is 0.0954. The standard InChI is InChI=1S/C13H20N2OS/c1-3-14-12-7-5-11(6-8-12)13(16)15-9-4-10-17-2/h5-8,14H,3-4,9-10H2,1-2H3,(H,15,16). The topological polar surface area (TPSA) is 41.1 Å². The van der Waals surface area contributed by atoms with Crippen LogP contribution in [0.15, 0.2) is 24.3 Å². The van der Waals surface area contributed by atoms with Crippen LogP contribution in [0.2, 0.25) is 0 Å². The van der Waals surface area contributed by atoms with Gasteiger partial charge in [-0.1, -0.05) is 0 Å². The number of hydrogen-bond donors (Lipinski definition) is 2. The van der Waals surface area contributed by atoms with Crippen LogP contribution in [0, 0.1) is 0 Å². The van der Waals surface area contributed by atoms with Gasteiger partial charge < -0.3 is 10.6 Å². The van der Waals surface area contributed by atoms with Crippen molar-refractivity contribution in [2.75, 3.05) is 30.4 Å². The fraction of sp³-hybridized carbons (Fsp3) is 0.462. The molecule has 1 amide bonds. The molecule has 3 nitrogen and oxygen atoms in total. The van der Waals surface area contributed by atoms with Crippen LogP contribution in [-0.2, 0) is 0 Å². The summed E-state index contributed by atoms with van der Waals surface area (Å²) in [5, 5.41) is 6.11. The van der Waals surface area contributed by atoms with Crippen LogP contribution in [0.25, 0.3) is 0 Å². The van der Waals surface area contributed by atoms with Crippen molar-refractivity contribution < 1.29 is 4.79 Å². The Morgan fingerprint density at radius 2 is 2.00 bits per heavy atom. The predicted octanol–water partition coefficient (Wildman–Crippen LogP) is 2.60. The summed E-state index contributed by atoms with van der Waals surface area (Å²) in [6.07, 6.45) is 3.09. The summed E-state index contributed by atoms with van der Waals surface area (Å²) in [5.41, 5.74) is 1.77. The van der Waals surface area contributed by atoms with E-state index in [9.17, 15) is 4.79 Å². The molecule has 1 rings (SSSR count). The van der Waals surface area contributed by atoms with Crippen LogP contribution < -0.4 is 10.6 Å². The molecule has 0 heterocycles. The van der Waals surface area contributed by atoms with E-state index in [1.807, 2.05) is 31.2 Å². The maximum atomic E-state index is 11.7. The first-order valence-electron chi connectivity index (χ1n) is 5.89. The Morgan fingerprint density at radius 3 is 2.59 bits per heavy atom. The molecule has 2 N–H and O–H groups in total. The molecule has 0 aromatic heterocycles. The number of carbonyl (C=O) groups is 1. The van der Waals surface area contributed by atoms with E-state index in [1.54, 1.807) is 11.8 Å². The predicted molar refractivity (Wildman–Crippen MR) is 75.9 cm³/mol. The first-order valence-corrected chi connectivity index (χ1v) is 7.28. The van der Waals surface area contributed by atoms with E-state index in [-0.39, 0.29) is 5.91 Å². The second-order valence-electron chi connectivity index (χ2n) is 3.71. The number of rotatable bonds is 7. The van der Waals surface area contributed by atoms with Gasteiger partial charge in [-0.2, -0.15) is 11.8 Å². The Bertz CT molecular complexity index is 338. The van der Waals surface area contributed by atoms with Crippen LogP contribution >= 0.6 is 11.8 Å². The highest BCUT2D eigenvalue weighted by atomic mass is 32.2. The highest BCUT2D eigenvalue weighted by Gasteiger charge is 2.03. The molecule has 0 aliphatic rings. The summed E-state index contributed by atoms with van der Waals surface area (Å²) in [6.45, 7) is 3.68. The molecule has 0 bridgehead atoms. The molecule has 4 heteroatoms. The van der Waals surface area contributed by atoms with E-state index >= 15 is 0 Å². The van der Waals surface area contributed by atoms with Crippen molar-refractivity contribution in [3.05, 3.63) is 29.8 Å². The summed E-state index contributed by atoms with van der Waals surface area (Å²) >= 11 is 1.80. The van der Waals surface area contributed by atoms with Crippen molar-refractivity contribution in [3.63, 3.8) is 0 Å². The second-order valence-corrected chi connectivity index (χ2v) is 4.70. The molecular weight excluding hydrogens is 232 g/mol. The maximum Gasteiger partial charge on any atom is 0.251 e.